The van der Waals surface area contributed by atoms with E-state index in [9.17, 15) is 9.18 Å². The number of benzene rings is 1. The van der Waals surface area contributed by atoms with Gasteiger partial charge in [-0.25, -0.2) is 4.39 Å². The Hall–Kier alpha value is -1.92. The van der Waals surface area contributed by atoms with Gasteiger partial charge in [0.25, 0.3) is 0 Å². The minimum absolute atomic E-state index is 0.187. The highest BCUT2D eigenvalue weighted by molar-refractivity contribution is 5.82. The normalized spacial score (nSPS) is 16.2. The summed E-state index contributed by atoms with van der Waals surface area (Å²) in [6, 6.07) is 6.09. The number of nitrogens with zero attached hydrogens (tertiary/aromatic N) is 1. The van der Waals surface area contributed by atoms with Gasteiger partial charge >= 0.3 is 0 Å². The van der Waals surface area contributed by atoms with E-state index in [2.05, 4.69) is 15.2 Å². The molecule has 1 aliphatic rings. The van der Waals surface area contributed by atoms with E-state index in [1.165, 1.54) is 12.1 Å². The van der Waals surface area contributed by atoms with Crippen molar-refractivity contribution in [3.05, 3.63) is 40.4 Å². The number of morpholine rings is 1. The first-order valence-corrected chi connectivity index (χ1v) is 7.09. The largest absolute Gasteiger partial charge is 0.381 e. The number of aromatic amines is 1. The molecular formula is C15H18FN3O2. The number of anilines is 1. The molecule has 0 radical (unpaired) electrons. The van der Waals surface area contributed by atoms with Gasteiger partial charge in [-0.1, -0.05) is 0 Å². The smallest absolute Gasteiger partial charge is 0.248 e. The van der Waals surface area contributed by atoms with Crippen LogP contribution < -0.4 is 10.9 Å². The predicted octanol–water partition coefficient (Wildman–Crippen LogP) is 1.41. The van der Waals surface area contributed by atoms with Crippen molar-refractivity contribution in [2.24, 2.45) is 0 Å². The number of ether oxygens (including phenoxy) is 1. The fourth-order valence-electron chi connectivity index (χ4n) is 2.48. The number of nitrogens with one attached hydrogen (secondary N) is 2. The Morgan fingerprint density at radius 1 is 1.29 bits per heavy atom. The van der Waals surface area contributed by atoms with E-state index >= 15 is 0 Å². The van der Waals surface area contributed by atoms with Crippen LogP contribution in [0.25, 0.3) is 10.9 Å². The Kier molecular flexibility index (Phi) is 4.17. The zero-order valence-corrected chi connectivity index (χ0v) is 11.7. The van der Waals surface area contributed by atoms with Gasteiger partial charge in [0.05, 0.1) is 24.4 Å². The number of halogens is 1. The van der Waals surface area contributed by atoms with Gasteiger partial charge in [0.2, 0.25) is 5.56 Å². The van der Waals surface area contributed by atoms with Crippen LogP contribution >= 0.6 is 0 Å². The molecule has 1 aromatic heterocycles. The fourth-order valence-corrected chi connectivity index (χ4v) is 2.48. The van der Waals surface area contributed by atoms with E-state index < -0.39 is 0 Å². The average molecular weight is 291 g/mol. The monoisotopic (exact) mass is 291 g/mol. The number of H-pyrrole nitrogens is 1. The first-order chi connectivity index (χ1) is 10.2. The lowest BCUT2D eigenvalue weighted by Gasteiger charge is -2.26. The molecule has 1 aliphatic heterocycles. The maximum Gasteiger partial charge on any atom is 0.248 e. The first kappa shape index (κ1) is 14.0. The molecule has 2 heterocycles. The molecule has 3 rings (SSSR count). The molecule has 2 N–H and O–H groups in total. The summed E-state index contributed by atoms with van der Waals surface area (Å²) in [4.78, 5) is 16.3. The van der Waals surface area contributed by atoms with Crippen LogP contribution in [-0.4, -0.2) is 49.3 Å². The van der Waals surface area contributed by atoms with Crippen LogP contribution in [-0.2, 0) is 4.74 Å². The minimum Gasteiger partial charge on any atom is -0.381 e. The Labute approximate surface area is 121 Å². The SMILES string of the molecule is O=c1ccc2cc(F)c(NCCN3CCOCC3)cc2[nH]1. The maximum absolute atomic E-state index is 14.0. The van der Waals surface area contributed by atoms with E-state index in [4.69, 9.17) is 4.74 Å². The van der Waals surface area contributed by atoms with Gasteiger partial charge in [0.1, 0.15) is 5.82 Å². The molecule has 5 nitrogen and oxygen atoms in total. The zero-order valence-electron chi connectivity index (χ0n) is 11.7. The third-order valence-electron chi connectivity index (χ3n) is 3.66. The average Bonchev–Trinajstić information content (AvgIpc) is 2.49. The topological polar surface area (TPSA) is 57.4 Å². The van der Waals surface area contributed by atoms with Crippen molar-refractivity contribution in [1.29, 1.82) is 0 Å². The quantitative estimate of drug-likeness (QED) is 0.894. The van der Waals surface area contributed by atoms with Crippen LogP contribution in [0, 0.1) is 5.82 Å². The van der Waals surface area contributed by atoms with Crippen LogP contribution in [0.5, 0.6) is 0 Å². The second kappa shape index (κ2) is 6.24. The van der Waals surface area contributed by atoms with Crippen molar-refractivity contribution in [2.75, 3.05) is 44.7 Å². The molecule has 1 saturated heterocycles. The second-order valence-corrected chi connectivity index (χ2v) is 5.12. The molecule has 1 aromatic carbocycles. The Bertz CT molecular complexity index is 680. The Morgan fingerprint density at radius 3 is 2.90 bits per heavy atom. The van der Waals surface area contributed by atoms with Crippen LogP contribution in [0.2, 0.25) is 0 Å². The van der Waals surface area contributed by atoms with Crippen molar-refractivity contribution in [2.45, 2.75) is 0 Å². The molecular weight excluding hydrogens is 273 g/mol. The molecule has 1 fully saturated rings. The van der Waals surface area contributed by atoms with Gasteiger partial charge in [-0.2, -0.15) is 0 Å². The van der Waals surface area contributed by atoms with Gasteiger partial charge in [0, 0.05) is 37.6 Å². The Morgan fingerprint density at radius 2 is 2.10 bits per heavy atom. The molecule has 2 aromatic rings. The second-order valence-electron chi connectivity index (χ2n) is 5.12. The van der Waals surface area contributed by atoms with Crippen molar-refractivity contribution in [3.8, 4) is 0 Å². The van der Waals surface area contributed by atoms with Gasteiger partial charge in [-0.3, -0.25) is 9.69 Å². The molecule has 112 valence electrons. The number of fused-ring (bicyclic) bond motifs is 1. The summed E-state index contributed by atoms with van der Waals surface area (Å²) in [6.07, 6.45) is 0. The zero-order chi connectivity index (χ0) is 14.7. The Balaban J connectivity index is 1.68. The third kappa shape index (κ3) is 3.40. The summed E-state index contributed by atoms with van der Waals surface area (Å²) in [7, 11) is 0. The van der Waals surface area contributed by atoms with Crippen LogP contribution in [0.1, 0.15) is 0 Å². The highest BCUT2D eigenvalue weighted by Crippen LogP contribution is 2.20. The molecule has 21 heavy (non-hydrogen) atoms. The van der Waals surface area contributed by atoms with Crippen LogP contribution in [0.15, 0.2) is 29.1 Å². The molecule has 0 saturated carbocycles. The van der Waals surface area contributed by atoms with E-state index in [0.717, 1.165) is 32.8 Å². The number of hydrogen-bond donors (Lipinski definition) is 2. The predicted molar refractivity (Wildman–Crippen MR) is 80.3 cm³/mol. The minimum atomic E-state index is -0.309. The molecule has 0 atom stereocenters. The molecule has 0 amide bonds. The van der Waals surface area contributed by atoms with E-state index in [0.29, 0.717) is 23.1 Å². The van der Waals surface area contributed by atoms with E-state index in [-0.39, 0.29) is 11.4 Å². The highest BCUT2D eigenvalue weighted by Gasteiger charge is 2.10. The molecule has 0 unspecified atom stereocenters. The number of hydrogen-bond acceptors (Lipinski definition) is 4. The molecule has 6 heteroatoms. The number of pyridine rings is 1. The highest BCUT2D eigenvalue weighted by atomic mass is 19.1. The summed E-state index contributed by atoms with van der Waals surface area (Å²) in [5, 5.41) is 3.78. The molecule has 0 spiro atoms. The lowest BCUT2D eigenvalue weighted by Crippen LogP contribution is -2.39. The van der Waals surface area contributed by atoms with Gasteiger partial charge in [-0.05, 0) is 18.2 Å². The summed E-state index contributed by atoms with van der Waals surface area (Å²) < 4.78 is 19.3. The fraction of sp³-hybridized carbons (Fsp3) is 0.400. The number of rotatable bonds is 4. The molecule has 0 bridgehead atoms. The van der Waals surface area contributed by atoms with Crippen LogP contribution in [0.3, 0.4) is 0 Å². The van der Waals surface area contributed by atoms with Gasteiger partial charge in [-0.15, -0.1) is 0 Å². The summed E-state index contributed by atoms with van der Waals surface area (Å²) >= 11 is 0. The van der Waals surface area contributed by atoms with Crippen molar-refractivity contribution in [1.82, 2.24) is 9.88 Å². The molecule has 0 aliphatic carbocycles. The van der Waals surface area contributed by atoms with Crippen molar-refractivity contribution >= 4 is 16.6 Å². The van der Waals surface area contributed by atoms with Crippen molar-refractivity contribution < 1.29 is 9.13 Å². The third-order valence-corrected chi connectivity index (χ3v) is 3.66. The van der Waals surface area contributed by atoms with E-state index in [1.54, 1.807) is 12.1 Å². The summed E-state index contributed by atoms with van der Waals surface area (Å²) in [5.41, 5.74) is 0.865. The summed E-state index contributed by atoms with van der Waals surface area (Å²) in [5.74, 6) is -0.309. The van der Waals surface area contributed by atoms with Crippen LogP contribution in [0.4, 0.5) is 10.1 Å². The van der Waals surface area contributed by atoms with Gasteiger partial charge < -0.3 is 15.0 Å². The first-order valence-electron chi connectivity index (χ1n) is 7.09. The lowest BCUT2D eigenvalue weighted by molar-refractivity contribution is 0.0398. The standard InChI is InChI=1S/C15H18FN3O2/c16-12-9-11-1-2-15(20)18-13(11)10-14(12)17-3-4-19-5-7-21-8-6-19/h1-2,9-10,17H,3-8H2,(H,18,20). The van der Waals surface area contributed by atoms with Crippen molar-refractivity contribution in [3.63, 3.8) is 0 Å². The lowest BCUT2D eigenvalue weighted by atomic mass is 10.2. The summed E-state index contributed by atoms with van der Waals surface area (Å²) in [6.45, 7) is 4.83. The van der Waals surface area contributed by atoms with Gasteiger partial charge in [0.15, 0.2) is 0 Å². The van der Waals surface area contributed by atoms with E-state index in [1.807, 2.05) is 0 Å². The number of aromatic nitrogens is 1. The maximum atomic E-state index is 14.0.